The van der Waals surface area contributed by atoms with E-state index < -0.39 is 0 Å². The number of rotatable bonds is 3. The number of phenolic OH excluding ortho intramolecular Hbond substituents is 1. The molecule has 1 saturated carbocycles. The number of aromatic hydroxyl groups is 1. The largest absolute Gasteiger partial charge is 0.508 e. The van der Waals surface area contributed by atoms with Crippen LogP contribution >= 0.6 is 0 Å². The van der Waals surface area contributed by atoms with Gasteiger partial charge in [-0.3, -0.25) is 0 Å². The lowest BCUT2D eigenvalue weighted by atomic mass is 9.84. The number of ether oxygens (including phenoxy) is 1. The molecule has 0 aromatic heterocycles. The number of methoxy groups -OCH3 is 1. The van der Waals surface area contributed by atoms with E-state index in [1.165, 1.54) is 37.7 Å². The van der Waals surface area contributed by atoms with Gasteiger partial charge in [0.1, 0.15) is 11.5 Å². The molecule has 0 spiro atoms. The van der Waals surface area contributed by atoms with Crippen molar-refractivity contribution >= 4 is 0 Å². The van der Waals surface area contributed by atoms with Gasteiger partial charge >= 0.3 is 0 Å². The van der Waals surface area contributed by atoms with E-state index in [0.29, 0.717) is 0 Å². The summed E-state index contributed by atoms with van der Waals surface area (Å²) in [7, 11) is 1.67. The van der Waals surface area contributed by atoms with Crippen LogP contribution in [0.25, 0.3) is 0 Å². The van der Waals surface area contributed by atoms with Gasteiger partial charge in [0.15, 0.2) is 0 Å². The maximum absolute atomic E-state index is 9.39. The van der Waals surface area contributed by atoms with E-state index in [1.54, 1.807) is 19.2 Å². The fourth-order valence-corrected chi connectivity index (χ4v) is 2.60. The molecule has 2 heteroatoms. The zero-order valence-electron chi connectivity index (χ0n) is 9.91. The van der Waals surface area contributed by atoms with Crippen molar-refractivity contribution in [2.45, 2.75) is 38.5 Å². The van der Waals surface area contributed by atoms with Crippen LogP contribution in [-0.2, 0) is 6.42 Å². The summed E-state index contributed by atoms with van der Waals surface area (Å²) in [4.78, 5) is 0. The first-order valence-corrected chi connectivity index (χ1v) is 6.15. The molecule has 1 N–H and O–H groups in total. The molecule has 0 bridgehead atoms. The molecule has 1 aromatic rings. The van der Waals surface area contributed by atoms with Crippen molar-refractivity contribution in [1.29, 1.82) is 0 Å². The van der Waals surface area contributed by atoms with Crippen LogP contribution in [0.3, 0.4) is 0 Å². The highest BCUT2D eigenvalue weighted by Gasteiger charge is 2.16. The molecule has 16 heavy (non-hydrogen) atoms. The van der Waals surface area contributed by atoms with Crippen LogP contribution in [0.5, 0.6) is 11.5 Å². The Balaban J connectivity index is 2.07. The monoisotopic (exact) mass is 220 g/mol. The SMILES string of the molecule is COc1cc(O)ccc1CC1CCCCC1. The van der Waals surface area contributed by atoms with Gasteiger partial charge in [-0.2, -0.15) is 0 Å². The van der Waals surface area contributed by atoms with Gasteiger partial charge < -0.3 is 9.84 Å². The van der Waals surface area contributed by atoms with E-state index in [9.17, 15) is 5.11 Å². The predicted molar refractivity (Wildman–Crippen MR) is 64.9 cm³/mol. The molecule has 1 fully saturated rings. The van der Waals surface area contributed by atoms with Crippen LogP contribution in [0, 0.1) is 5.92 Å². The van der Waals surface area contributed by atoms with Crippen molar-refractivity contribution in [2.75, 3.05) is 7.11 Å². The maximum Gasteiger partial charge on any atom is 0.125 e. The molecule has 0 atom stereocenters. The Kier molecular flexibility index (Phi) is 3.70. The van der Waals surface area contributed by atoms with Crippen molar-refractivity contribution in [3.63, 3.8) is 0 Å². The minimum Gasteiger partial charge on any atom is -0.508 e. The summed E-state index contributed by atoms with van der Waals surface area (Å²) in [5.74, 6) is 1.90. The van der Waals surface area contributed by atoms with Crippen LogP contribution in [0.2, 0.25) is 0 Å². The van der Waals surface area contributed by atoms with Crippen molar-refractivity contribution < 1.29 is 9.84 Å². The first-order chi connectivity index (χ1) is 7.79. The molecule has 0 heterocycles. The Bertz CT molecular complexity index is 341. The topological polar surface area (TPSA) is 29.5 Å². The fourth-order valence-electron chi connectivity index (χ4n) is 2.60. The van der Waals surface area contributed by atoms with Crippen LogP contribution in [0.15, 0.2) is 18.2 Å². The normalized spacial score (nSPS) is 17.3. The first kappa shape index (κ1) is 11.3. The molecular formula is C14H20O2. The minimum absolute atomic E-state index is 0.282. The molecule has 2 rings (SSSR count). The molecular weight excluding hydrogens is 200 g/mol. The average molecular weight is 220 g/mol. The summed E-state index contributed by atoms with van der Waals surface area (Å²) in [6.07, 6.45) is 7.89. The standard InChI is InChI=1S/C14H20O2/c1-16-14-10-13(15)8-7-12(14)9-11-5-3-2-4-6-11/h7-8,10-11,15H,2-6,9H2,1H3. The summed E-state index contributed by atoms with van der Waals surface area (Å²) in [5.41, 5.74) is 1.23. The lowest BCUT2D eigenvalue weighted by Crippen LogP contribution is -2.09. The average Bonchev–Trinajstić information content (AvgIpc) is 2.33. The highest BCUT2D eigenvalue weighted by atomic mass is 16.5. The molecule has 0 aliphatic heterocycles. The molecule has 1 aliphatic carbocycles. The summed E-state index contributed by atoms with van der Waals surface area (Å²) in [6.45, 7) is 0. The van der Waals surface area contributed by atoms with Gasteiger partial charge in [0.05, 0.1) is 7.11 Å². The zero-order chi connectivity index (χ0) is 11.4. The van der Waals surface area contributed by atoms with Crippen molar-refractivity contribution in [1.82, 2.24) is 0 Å². The third-order valence-electron chi connectivity index (χ3n) is 3.50. The summed E-state index contributed by atoms with van der Waals surface area (Å²) < 4.78 is 5.31. The maximum atomic E-state index is 9.39. The number of hydrogen-bond donors (Lipinski definition) is 1. The summed E-state index contributed by atoms with van der Waals surface area (Å²) >= 11 is 0. The van der Waals surface area contributed by atoms with E-state index in [2.05, 4.69) is 0 Å². The van der Waals surface area contributed by atoms with Gasteiger partial charge in [-0.25, -0.2) is 0 Å². The van der Waals surface area contributed by atoms with E-state index in [4.69, 9.17) is 4.74 Å². The number of benzene rings is 1. The van der Waals surface area contributed by atoms with Gasteiger partial charge in [-0.15, -0.1) is 0 Å². The molecule has 1 aromatic carbocycles. The van der Waals surface area contributed by atoms with Crippen molar-refractivity contribution in [3.8, 4) is 11.5 Å². The molecule has 0 amide bonds. The molecule has 0 unspecified atom stereocenters. The number of hydrogen-bond acceptors (Lipinski definition) is 2. The zero-order valence-corrected chi connectivity index (χ0v) is 9.91. The molecule has 0 saturated heterocycles. The number of phenols is 1. The Morgan fingerprint density at radius 2 is 2.00 bits per heavy atom. The third kappa shape index (κ3) is 2.69. The van der Waals surface area contributed by atoms with E-state index in [0.717, 1.165) is 18.1 Å². The Morgan fingerprint density at radius 3 is 2.69 bits per heavy atom. The van der Waals surface area contributed by atoms with Crippen LogP contribution in [0.1, 0.15) is 37.7 Å². The van der Waals surface area contributed by atoms with E-state index >= 15 is 0 Å². The van der Waals surface area contributed by atoms with Gasteiger partial charge in [0, 0.05) is 6.07 Å². The molecule has 1 aliphatic rings. The fraction of sp³-hybridized carbons (Fsp3) is 0.571. The van der Waals surface area contributed by atoms with Crippen LogP contribution in [-0.4, -0.2) is 12.2 Å². The second kappa shape index (κ2) is 5.24. The lowest BCUT2D eigenvalue weighted by molar-refractivity contribution is 0.347. The smallest absolute Gasteiger partial charge is 0.125 e. The summed E-state index contributed by atoms with van der Waals surface area (Å²) in [5, 5.41) is 9.39. The van der Waals surface area contributed by atoms with Crippen molar-refractivity contribution in [2.24, 2.45) is 5.92 Å². The van der Waals surface area contributed by atoms with Crippen LogP contribution in [0.4, 0.5) is 0 Å². The lowest BCUT2D eigenvalue weighted by Gasteiger charge is -2.22. The van der Waals surface area contributed by atoms with Crippen LogP contribution < -0.4 is 4.74 Å². The predicted octanol–water partition coefficient (Wildman–Crippen LogP) is 3.52. The second-order valence-electron chi connectivity index (χ2n) is 4.70. The second-order valence-corrected chi connectivity index (χ2v) is 4.70. The highest BCUT2D eigenvalue weighted by molar-refractivity contribution is 5.40. The van der Waals surface area contributed by atoms with Gasteiger partial charge in [0.25, 0.3) is 0 Å². The Morgan fingerprint density at radius 1 is 1.25 bits per heavy atom. The van der Waals surface area contributed by atoms with Crippen molar-refractivity contribution in [3.05, 3.63) is 23.8 Å². The minimum atomic E-state index is 0.282. The third-order valence-corrected chi connectivity index (χ3v) is 3.50. The van der Waals surface area contributed by atoms with E-state index in [-0.39, 0.29) is 5.75 Å². The van der Waals surface area contributed by atoms with Gasteiger partial charge in [-0.1, -0.05) is 38.2 Å². The Labute approximate surface area is 97.3 Å². The van der Waals surface area contributed by atoms with Gasteiger partial charge in [0.2, 0.25) is 0 Å². The first-order valence-electron chi connectivity index (χ1n) is 6.15. The highest BCUT2D eigenvalue weighted by Crippen LogP contribution is 2.31. The van der Waals surface area contributed by atoms with Gasteiger partial charge in [-0.05, 0) is 24.0 Å². The molecule has 2 nitrogen and oxygen atoms in total. The van der Waals surface area contributed by atoms with E-state index in [1.807, 2.05) is 6.07 Å². The molecule has 88 valence electrons. The molecule has 0 radical (unpaired) electrons. The Hall–Kier alpha value is -1.18. The summed E-state index contributed by atoms with van der Waals surface area (Å²) in [6, 6.07) is 5.45. The quantitative estimate of drug-likeness (QED) is 0.844.